The molecule has 0 amide bonds. The molecule has 0 radical (unpaired) electrons. The summed E-state index contributed by atoms with van der Waals surface area (Å²) in [6.07, 6.45) is 6.47. The minimum Gasteiger partial charge on any atom is -0.370 e. The highest BCUT2D eigenvalue weighted by Gasteiger charge is 2.15. The smallest absolute Gasteiger partial charge is 0.188 e. The Hall–Kier alpha value is -1.62. The molecule has 2 heterocycles. The van der Waals surface area contributed by atoms with Crippen LogP contribution in [0.4, 0.5) is 0 Å². The monoisotopic (exact) mass is 303 g/mol. The molecular weight excluding hydrogens is 274 g/mol. The van der Waals surface area contributed by atoms with Gasteiger partial charge in [-0.2, -0.15) is 0 Å². The summed E-state index contributed by atoms with van der Waals surface area (Å²) in [5.41, 5.74) is 6.96. The second kappa shape index (κ2) is 9.41. The Balaban J connectivity index is 1.55. The predicted molar refractivity (Wildman–Crippen MR) is 91.9 cm³/mol. The Labute approximate surface area is 134 Å². The molecule has 1 aliphatic heterocycles. The lowest BCUT2D eigenvalue weighted by Gasteiger charge is -2.30. The Morgan fingerprint density at radius 3 is 3.18 bits per heavy atom. The number of nitrogens with two attached hydrogens (primary N) is 1. The van der Waals surface area contributed by atoms with Crippen molar-refractivity contribution in [2.45, 2.75) is 32.6 Å². The van der Waals surface area contributed by atoms with E-state index in [1.165, 1.54) is 25.9 Å². The molecule has 2 rings (SSSR count). The maximum absolute atomic E-state index is 5.88. The van der Waals surface area contributed by atoms with E-state index in [1.807, 2.05) is 24.4 Å². The van der Waals surface area contributed by atoms with Crippen LogP contribution in [-0.2, 0) is 6.42 Å². The molecular formula is C17H29N5. The molecule has 122 valence electrons. The largest absolute Gasteiger partial charge is 0.370 e. The van der Waals surface area contributed by atoms with Crippen LogP contribution in [0.25, 0.3) is 0 Å². The van der Waals surface area contributed by atoms with Gasteiger partial charge in [-0.15, -0.1) is 0 Å². The van der Waals surface area contributed by atoms with Crippen molar-refractivity contribution >= 4 is 5.96 Å². The highest BCUT2D eigenvalue weighted by atomic mass is 15.1. The molecule has 1 unspecified atom stereocenters. The van der Waals surface area contributed by atoms with E-state index in [4.69, 9.17) is 5.73 Å². The number of piperidine rings is 1. The number of guanidine groups is 1. The van der Waals surface area contributed by atoms with Gasteiger partial charge in [-0.3, -0.25) is 9.98 Å². The molecule has 0 spiro atoms. The zero-order chi connectivity index (χ0) is 15.6. The summed E-state index contributed by atoms with van der Waals surface area (Å²) in [5, 5.41) is 3.15. The summed E-state index contributed by atoms with van der Waals surface area (Å²) in [5.74, 6) is 1.39. The van der Waals surface area contributed by atoms with Crippen molar-refractivity contribution in [1.82, 2.24) is 15.2 Å². The van der Waals surface area contributed by atoms with Gasteiger partial charge in [0.25, 0.3) is 0 Å². The van der Waals surface area contributed by atoms with Gasteiger partial charge in [0.2, 0.25) is 0 Å². The van der Waals surface area contributed by atoms with E-state index in [9.17, 15) is 0 Å². The molecule has 5 nitrogen and oxygen atoms in total. The fourth-order valence-electron chi connectivity index (χ4n) is 2.90. The van der Waals surface area contributed by atoms with Gasteiger partial charge in [0.1, 0.15) is 0 Å². The summed E-state index contributed by atoms with van der Waals surface area (Å²) in [7, 11) is 0. The minimum atomic E-state index is 0.544. The van der Waals surface area contributed by atoms with Crippen LogP contribution < -0.4 is 11.1 Å². The SMILES string of the molecule is CC1CCCN(CCCN=C(N)NCCc2ccccn2)C1. The van der Waals surface area contributed by atoms with E-state index in [-0.39, 0.29) is 0 Å². The third-order valence-corrected chi connectivity index (χ3v) is 4.07. The van der Waals surface area contributed by atoms with Crippen LogP contribution in [0.5, 0.6) is 0 Å². The van der Waals surface area contributed by atoms with Crippen LogP contribution in [0.2, 0.25) is 0 Å². The first kappa shape index (κ1) is 16.7. The summed E-state index contributed by atoms with van der Waals surface area (Å²) in [6, 6.07) is 5.95. The molecule has 0 aliphatic carbocycles. The summed E-state index contributed by atoms with van der Waals surface area (Å²) in [4.78, 5) is 11.2. The lowest BCUT2D eigenvalue weighted by molar-refractivity contribution is 0.183. The number of likely N-dealkylation sites (tertiary alicyclic amines) is 1. The minimum absolute atomic E-state index is 0.544. The van der Waals surface area contributed by atoms with Gasteiger partial charge in [-0.05, 0) is 50.4 Å². The maximum atomic E-state index is 5.88. The normalized spacial score (nSPS) is 20.0. The van der Waals surface area contributed by atoms with Gasteiger partial charge in [0.15, 0.2) is 5.96 Å². The highest BCUT2D eigenvalue weighted by molar-refractivity contribution is 5.77. The molecule has 0 aromatic carbocycles. The Morgan fingerprint density at radius 1 is 1.50 bits per heavy atom. The molecule has 1 aromatic heterocycles. The zero-order valence-electron chi connectivity index (χ0n) is 13.7. The van der Waals surface area contributed by atoms with E-state index >= 15 is 0 Å². The topological polar surface area (TPSA) is 66.5 Å². The number of rotatable bonds is 7. The molecule has 3 N–H and O–H groups in total. The van der Waals surface area contributed by atoms with E-state index in [1.54, 1.807) is 0 Å². The summed E-state index contributed by atoms with van der Waals surface area (Å²) < 4.78 is 0. The van der Waals surface area contributed by atoms with Crippen LogP contribution in [0.15, 0.2) is 29.4 Å². The number of hydrogen-bond donors (Lipinski definition) is 2. The molecule has 1 atom stereocenters. The molecule has 0 saturated carbocycles. The average Bonchev–Trinajstić information content (AvgIpc) is 2.53. The Morgan fingerprint density at radius 2 is 2.41 bits per heavy atom. The standard InChI is InChI=1S/C17H29N5/c1-15-6-4-12-22(14-15)13-5-10-20-17(18)21-11-8-16-7-2-3-9-19-16/h2-3,7,9,15H,4-6,8,10-14H2,1H3,(H3,18,20,21). The van der Waals surface area contributed by atoms with Crippen molar-refractivity contribution in [3.63, 3.8) is 0 Å². The summed E-state index contributed by atoms with van der Waals surface area (Å²) >= 11 is 0. The lowest BCUT2D eigenvalue weighted by atomic mass is 10.0. The van der Waals surface area contributed by atoms with Crippen molar-refractivity contribution in [3.8, 4) is 0 Å². The Bertz CT molecular complexity index is 446. The van der Waals surface area contributed by atoms with Gasteiger partial charge in [-0.1, -0.05) is 13.0 Å². The molecule has 22 heavy (non-hydrogen) atoms. The number of aromatic nitrogens is 1. The molecule has 1 fully saturated rings. The molecule has 1 aromatic rings. The first-order chi connectivity index (χ1) is 10.7. The van der Waals surface area contributed by atoms with Crippen molar-refractivity contribution < 1.29 is 0 Å². The molecule has 0 bridgehead atoms. The van der Waals surface area contributed by atoms with Gasteiger partial charge >= 0.3 is 0 Å². The second-order valence-electron chi connectivity index (χ2n) is 6.17. The maximum Gasteiger partial charge on any atom is 0.188 e. The molecule has 5 heteroatoms. The highest BCUT2D eigenvalue weighted by Crippen LogP contribution is 2.15. The van der Waals surface area contributed by atoms with Gasteiger partial charge in [0, 0.05) is 37.9 Å². The van der Waals surface area contributed by atoms with Crippen LogP contribution in [0.1, 0.15) is 31.9 Å². The molecule has 1 saturated heterocycles. The second-order valence-corrected chi connectivity index (χ2v) is 6.17. The first-order valence-corrected chi connectivity index (χ1v) is 8.40. The fourth-order valence-corrected chi connectivity index (χ4v) is 2.90. The number of nitrogens with zero attached hydrogens (tertiary/aromatic N) is 3. The van der Waals surface area contributed by atoms with Gasteiger partial charge < -0.3 is 16.0 Å². The number of pyridine rings is 1. The van der Waals surface area contributed by atoms with Crippen molar-refractivity contribution in [2.75, 3.05) is 32.7 Å². The van der Waals surface area contributed by atoms with Crippen LogP contribution in [0, 0.1) is 5.92 Å². The van der Waals surface area contributed by atoms with Gasteiger partial charge in [0.05, 0.1) is 0 Å². The number of aliphatic imine (C=N–C) groups is 1. The quantitative estimate of drug-likeness (QED) is 0.457. The predicted octanol–water partition coefficient (Wildman–Crippen LogP) is 1.65. The van der Waals surface area contributed by atoms with Crippen molar-refractivity contribution in [1.29, 1.82) is 0 Å². The zero-order valence-corrected chi connectivity index (χ0v) is 13.7. The lowest BCUT2D eigenvalue weighted by Crippen LogP contribution is -2.36. The van der Waals surface area contributed by atoms with E-state index in [0.29, 0.717) is 5.96 Å². The van der Waals surface area contributed by atoms with Gasteiger partial charge in [-0.25, -0.2) is 0 Å². The first-order valence-electron chi connectivity index (χ1n) is 8.40. The van der Waals surface area contributed by atoms with Crippen LogP contribution in [0.3, 0.4) is 0 Å². The van der Waals surface area contributed by atoms with Crippen LogP contribution >= 0.6 is 0 Å². The Kier molecular flexibility index (Phi) is 7.16. The van der Waals surface area contributed by atoms with Crippen LogP contribution in [-0.4, -0.2) is 48.6 Å². The number of nitrogens with one attached hydrogen (secondary N) is 1. The van der Waals surface area contributed by atoms with E-state index in [0.717, 1.165) is 44.1 Å². The average molecular weight is 303 g/mol. The van der Waals surface area contributed by atoms with Crippen molar-refractivity contribution in [3.05, 3.63) is 30.1 Å². The number of hydrogen-bond acceptors (Lipinski definition) is 3. The third-order valence-electron chi connectivity index (χ3n) is 4.07. The summed E-state index contributed by atoms with van der Waals surface area (Å²) in [6.45, 7) is 7.53. The van der Waals surface area contributed by atoms with E-state index < -0.39 is 0 Å². The third kappa shape index (κ3) is 6.43. The van der Waals surface area contributed by atoms with E-state index in [2.05, 4.69) is 27.1 Å². The fraction of sp³-hybridized carbons (Fsp3) is 0.647. The van der Waals surface area contributed by atoms with Crippen molar-refractivity contribution in [2.24, 2.45) is 16.6 Å². The molecule has 1 aliphatic rings.